The number of hydrogen-bond acceptors (Lipinski definition) is 4. The van der Waals surface area contributed by atoms with Crippen molar-refractivity contribution in [3.63, 3.8) is 0 Å². The molecular formula is C22H29IN4O3. The van der Waals surface area contributed by atoms with Crippen LogP contribution in [0.25, 0.3) is 0 Å². The van der Waals surface area contributed by atoms with E-state index in [-0.39, 0.29) is 36.0 Å². The highest BCUT2D eigenvalue weighted by atomic mass is 127. The quantitative estimate of drug-likeness (QED) is 0.214. The number of aliphatic imine (C=N–C) groups is 1. The Labute approximate surface area is 194 Å². The number of ether oxygens (including phenoxy) is 2. The van der Waals surface area contributed by atoms with E-state index < -0.39 is 0 Å². The number of benzene rings is 2. The first-order valence-corrected chi connectivity index (χ1v) is 10.00. The van der Waals surface area contributed by atoms with Gasteiger partial charge in [0.1, 0.15) is 6.61 Å². The molecular weight excluding hydrogens is 495 g/mol. The molecule has 0 fully saturated rings. The Morgan fingerprint density at radius 2 is 1.70 bits per heavy atom. The number of nitrogens with one attached hydrogen (secondary N) is 3. The molecule has 8 heteroatoms. The lowest BCUT2D eigenvalue weighted by Gasteiger charge is -2.25. The molecule has 0 aromatic heterocycles. The van der Waals surface area contributed by atoms with Crippen molar-refractivity contribution in [1.82, 2.24) is 16.0 Å². The molecule has 7 nitrogen and oxygen atoms in total. The maximum Gasteiger partial charge on any atom is 0.251 e. The molecule has 1 unspecified atom stereocenters. The summed E-state index contributed by atoms with van der Waals surface area (Å²) in [5, 5.41) is 9.43. The average Bonchev–Trinajstić information content (AvgIpc) is 2.77. The third-order valence-corrected chi connectivity index (χ3v) is 4.33. The van der Waals surface area contributed by atoms with Gasteiger partial charge in [0, 0.05) is 25.2 Å². The van der Waals surface area contributed by atoms with E-state index in [0.717, 1.165) is 30.4 Å². The van der Waals surface area contributed by atoms with Gasteiger partial charge in [-0.15, -0.1) is 24.0 Å². The SMILES string of the molecule is CCNC(=NCC1COc2ccccc2O1)NCCCNC(=O)c1ccccc1.I. The van der Waals surface area contributed by atoms with Crippen molar-refractivity contribution in [2.45, 2.75) is 19.4 Å². The number of carbonyl (C=O) groups is 1. The number of rotatable bonds is 8. The van der Waals surface area contributed by atoms with Crippen LogP contribution in [0.3, 0.4) is 0 Å². The fourth-order valence-electron chi connectivity index (χ4n) is 2.88. The molecule has 0 saturated carbocycles. The Balaban J connectivity index is 0.00000320. The third-order valence-electron chi connectivity index (χ3n) is 4.33. The van der Waals surface area contributed by atoms with Crippen molar-refractivity contribution >= 4 is 35.8 Å². The standard InChI is InChI=1S/C22H28N4O3.HI/c1-2-23-22(25-14-8-13-24-21(27)17-9-4-3-5-10-17)26-15-18-16-28-19-11-6-7-12-20(19)29-18;/h3-7,9-12,18H,2,8,13-16H2,1H3,(H,24,27)(H2,23,25,26);1H. The summed E-state index contributed by atoms with van der Waals surface area (Å²) in [4.78, 5) is 16.6. The number of amides is 1. The minimum absolute atomic E-state index is 0. The minimum atomic E-state index is -0.120. The number of guanidine groups is 1. The zero-order valence-electron chi connectivity index (χ0n) is 17.1. The normalized spacial score (nSPS) is 15.0. The molecule has 1 aliphatic heterocycles. The molecule has 1 atom stereocenters. The van der Waals surface area contributed by atoms with Crippen LogP contribution in [0.15, 0.2) is 59.6 Å². The van der Waals surface area contributed by atoms with Crippen LogP contribution in [0.2, 0.25) is 0 Å². The molecule has 3 rings (SSSR count). The van der Waals surface area contributed by atoms with Gasteiger partial charge in [0.15, 0.2) is 23.6 Å². The second kappa shape index (κ2) is 12.9. The van der Waals surface area contributed by atoms with Gasteiger partial charge in [0.25, 0.3) is 5.91 Å². The van der Waals surface area contributed by atoms with Crippen LogP contribution in [-0.4, -0.2) is 50.8 Å². The number of para-hydroxylation sites is 2. The molecule has 2 aromatic carbocycles. The average molecular weight is 524 g/mol. The van der Waals surface area contributed by atoms with Gasteiger partial charge >= 0.3 is 0 Å². The Kier molecular flexibility index (Phi) is 10.3. The van der Waals surface area contributed by atoms with Gasteiger partial charge in [0.2, 0.25) is 0 Å². The molecule has 0 bridgehead atoms. The van der Waals surface area contributed by atoms with Gasteiger partial charge < -0.3 is 25.4 Å². The highest BCUT2D eigenvalue weighted by molar-refractivity contribution is 14.0. The largest absolute Gasteiger partial charge is 0.486 e. The molecule has 1 amide bonds. The van der Waals surface area contributed by atoms with Crippen molar-refractivity contribution in [3.8, 4) is 11.5 Å². The van der Waals surface area contributed by atoms with Crippen LogP contribution in [0.4, 0.5) is 0 Å². The van der Waals surface area contributed by atoms with Crippen molar-refractivity contribution in [2.24, 2.45) is 4.99 Å². The Bertz CT molecular complexity index is 817. The number of carbonyl (C=O) groups excluding carboxylic acids is 1. The zero-order valence-corrected chi connectivity index (χ0v) is 19.4. The highest BCUT2D eigenvalue weighted by Crippen LogP contribution is 2.30. The fraction of sp³-hybridized carbons (Fsp3) is 0.364. The monoisotopic (exact) mass is 524 g/mol. The van der Waals surface area contributed by atoms with Gasteiger partial charge in [-0.05, 0) is 37.6 Å². The van der Waals surface area contributed by atoms with E-state index in [1.807, 2.05) is 49.4 Å². The van der Waals surface area contributed by atoms with Crippen LogP contribution in [-0.2, 0) is 0 Å². The number of hydrogen-bond donors (Lipinski definition) is 3. The van der Waals surface area contributed by atoms with Crippen LogP contribution < -0.4 is 25.4 Å². The van der Waals surface area contributed by atoms with E-state index in [9.17, 15) is 4.79 Å². The van der Waals surface area contributed by atoms with Crippen molar-refractivity contribution in [2.75, 3.05) is 32.8 Å². The molecule has 30 heavy (non-hydrogen) atoms. The lowest BCUT2D eigenvalue weighted by atomic mass is 10.2. The van der Waals surface area contributed by atoms with Gasteiger partial charge in [-0.3, -0.25) is 4.79 Å². The molecule has 0 spiro atoms. The van der Waals surface area contributed by atoms with E-state index in [2.05, 4.69) is 20.9 Å². The van der Waals surface area contributed by atoms with E-state index in [0.29, 0.717) is 31.8 Å². The summed E-state index contributed by atoms with van der Waals surface area (Å²) in [6.45, 7) is 5.05. The lowest BCUT2D eigenvalue weighted by Crippen LogP contribution is -2.40. The van der Waals surface area contributed by atoms with Crippen molar-refractivity contribution in [1.29, 1.82) is 0 Å². The topological polar surface area (TPSA) is 84.0 Å². The molecule has 0 saturated heterocycles. The maximum absolute atomic E-state index is 12.0. The predicted molar refractivity (Wildman–Crippen MR) is 129 cm³/mol. The first-order chi connectivity index (χ1) is 14.3. The summed E-state index contributed by atoms with van der Waals surface area (Å²) < 4.78 is 11.7. The molecule has 2 aromatic rings. The van der Waals surface area contributed by atoms with E-state index in [1.165, 1.54) is 0 Å². The Hall–Kier alpha value is -2.49. The van der Waals surface area contributed by atoms with Crippen molar-refractivity contribution < 1.29 is 14.3 Å². The summed E-state index contributed by atoms with van der Waals surface area (Å²) in [6, 6.07) is 16.9. The van der Waals surface area contributed by atoms with Crippen LogP contribution in [0, 0.1) is 0 Å². The summed E-state index contributed by atoms with van der Waals surface area (Å²) in [5.74, 6) is 2.20. The Morgan fingerprint density at radius 1 is 1.00 bits per heavy atom. The molecule has 1 heterocycles. The lowest BCUT2D eigenvalue weighted by molar-refractivity contribution is 0.0953. The number of fused-ring (bicyclic) bond motifs is 1. The smallest absolute Gasteiger partial charge is 0.251 e. The first kappa shape index (κ1) is 23.8. The summed E-state index contributed by atoms with van der Waals surface area (Å²) in [6.07, 6.45) is 0.671. The van der Waals surface area contributed by atoms with E-state index in [1.54, 1.807) is 12.1 Å². The summed E-state index contributed by atoms with van der Waals surface area (Å²) in [5.41, 5.74) is 0.673. The van der Waals surface area contributed by atoms with Crippen molar-refractivity contribution in [3.05, 3.63) is 60.2 Å². The first-order valence-electron chi connectivity index (χ1n) is 10.00. The third kappa shape index (κ3) is 7.40. The second-order valence-electron chi connectivity index (χ2n) is 6.62. The number of nitrogens with zero attached hydrogens (tertiary/aromatic N) is 1. The van der Waals surface area contributed by atoms with Crippen LogP contribution in [0.1, 0.15) is 23.7 Å². The molecule has 0 aliphatic carbocycles. The minimum Gasteiger partial charge on any atom is -0.486 e. The van der Waals surface area contributed by atoms with Gasteiger partial charge in [0.05, 0.1) is 6.54 Å². The zero-order chi connectivity index (χ0) is 20.3. The summed E-state index contributed by atoms with van der Waals surface area (Å²) in [7, 11) is 0. The molecule has 162 valence electrons. The predicted octanol–water partition coefficient (Wildman–Crippen LogP) is 2.82. The Morgan fingerprint density at radius 3 is 2.47 bits per heavy atom. The number of halogens is 1. The molecule has 3 N–H and O–H groups in total. The second-order valence-corrected chi connectivity index (χ2v) is 6.62. The van der Waals surface area contributed by atoms with E-state index >= 15 is 0 Å². The van der Waals surface area contributed by atoms with Gasteiger partial charge in [-0.1, -0.05) is 30.3 Å². The molecule has 0 radical (unpaired) electrons. The van der Waals surface area contributed by atoms with Crippen LogP contribution in [0.5, 0.6) is 11.5 Å². The molecule has 1 aliphatic rings. The summed E-state index contributed by atoms with van der Waals surface area (Å²) >= 11 is 0. The maximum atomic E-state index is 12.0. The highest BCUT2D eigenvalue weighted by Gasteiger charge is 2.20. The van der Waals surface area contributed by atoms with Crippen LogP contribution >= 0.6 is 24.0 Å². The van der Waals surface area contributed by atoms with Gasteiger partial charge in [-0.25, -0.2) is 4.99 Å². The fourth-order valence-corrected chi connectivity index (χ4v) is 2.88. The van der Waals surface area contributed by atoms with E-state index in [4.69, 9.17) is 9.47 Å². The van der Waals surface area contributed by atoms with Gasteiger partial charge in [-0.2, -0.15) is 0 Å².